The third-order valence-corrected chi connectivity index (χ3v) is 3.81. The molecule has 118 valence electrons. The molecular weight excluding hydrogens is 250 g/mol. The summed E-state index contributed by atoms with van der Waals surface area (Å²) in [6.45, 7) is 14.5. The van der Waals surface area contributed by atoms with Crippen LogP contribution in [0.15, 0.2) is 0 Å². The van der Waals surface area contributed by atoms with Crippen LogP contribution in [0.4, 0.5) is 0 Å². The van der Waals surface area contributed by atoms with Crippen molar-refractivity contribution in [3.8, 4) is 0 Å². The van der Waals surface area contributed by atoms with Gasteiger partial charge in [0.1, 0.15) is 0 Å². The summed E-state index contributed by atoms with van der Waals surface area (Å²) in [4.78, 5) is 14.7. The second-order valence-electron chi connectivity index (χ2n) is 7.37. The van der Waals surface area contributed by atoms with E-state index in [1.807, 2.05) is 27.7 Å². The Morgan fingerprint density at radius 1 is 1.25 bits per heavy atom. The molecule has 2 N–H and O–H groups in total. The van der Waals surface area contributed by atoms with Gasteiger partial charge in [0.25, 0.3) is 0 Å². The molecule has 0 saturated carbocycles. The van der Waals surface area contributed by atoms with Crippen LogP contribution in [-0.4, -0.2) is 47.6 Å². The number of piperidine rings is 1. The number of carbonyl (C=O) groups is 1. The third kappa shape index (κ3) is 5.80. The molecule has 1 aliphatic heterocycles. The summed E-state index contributed by atoms with van der Waals surface area (Å²) in [6.07, 6.45) is 3.66. The second kappa shape index (κ2) is 7.41. The molecule has 4 heteroatoms. The summed E-state index contributed by atoms with van der Waals surface area (Å²) in [5.74, 6) is 0.147. The number of hydrogen-bond acceptors (Lipinski definition) is 3. The van der Waals surface area contributed by atoms with Crippen molar-refractivity contribution in [2.45, 2.75) is 84.5 Å². The molecule has 20 heavy (non-hydrogen) atoms. The number of likely N-dealkylation sites (tertiary alicyclic amines) is 1. The predicted molar refractivity (Wildman–Crippen MR) is 84.8 cm³/mol. The van der Waals surface area contributed by atoms with Crippen molar-refractivity contribution < 1.29 is 4.79 Å². The molecule has 1 heterocycles. The van der Waals surface area contributed by atoms with Crippen LogP contribution >= 0.6 is 0 Å². The highest BCUT2D eigenvalue weighted by Gasteiger charge is 2.31. The Balaban J connectivity index is 2.61. The van der Waals surface area contributed by atoms with Gasteiger partial charge < -0.3 is 10.6 Å². The molecule has 0 aliphatic carbocycles. The van der Waals surface area contributed by atoms with E-state index in [0.717, 1.165) is 13.1 Å². The van der Waals surface area contributed by atoms with Crippen molar-refractivity contribution in [1.29, 1.82) is 0 Å². The Morgan fingerprint density at radius 3 is 2.45 bits per heavy atom. The summed E-state index contributed by atoms with van der Waals surface area (Å²) >= 11 is 0. The van der Waals surface area contributed by atoms with Crippen molar-refractivity contribution >= 4 is 5.91 Å². The zero-order valence-electron chi connectivity index (χ0n) is 14.1. The van der Waals surface area contributed by atoms with E-state index in [2.05, 4.69) is 29.4 Å². The first-order chi connectivity index (χ1) is 9.20. The van der Waals surface area contributed by atoms with E-state index in [4.69, 9.17) is 0 Å². The molecular formula is C16H33N3O. The van der Waals surface area contributed by atoms with Crippen LogP contribution in [0.1, 0.15) is 60.8 Å². The average Bonchev–Trinajstić information content (AvgIpc) is 2.33. The lowest BCUT2D eigenvalue weighted by Crippen LogP contribution is -2.57. The van der Waals surface area contributed by atoms with Crippen molar-refractivity contribution in [3.05, 3.63) is 0 Å². The zero-order chi connectivity index (χ0) is 15.3. The van der Waals surface area contributed by atoms with Crippen LogP contribution in [0.2, 0.25) is 0 Å². The molecule has 1 aliphatic rings. The molecule has 2 atom stereocenters. The number of carbonyl (C=O) groups excluding carboxylic acids is 1. The fraction of sp³-hybridized carbons (Fsp3) is 0.938. The summed E-state index contributed by atoms with van der Waals surface area (Å²) in [7, 11) is 0. The Hall–Kier alpha value is -0.610. The lowest BCUT2D eigenvalue weighted by atomic mass is 9.99. The normalized spacial score (nSPS) is 22.9. The van der Waals surface area contributed by atoms with E-state index in [9.17, 15) is 4.79 Å². The summed E-state index contributed by atoms with van der Waals surface area (Å²) in [6, 6.07) is 0.929. The van der Waals surface area contributed by atoms with E-state index >= 15 is 0 Å². The van der Waals surface area contributed by atoms with Crippen molar-refractivity contribution in [2.75, 3.05) is 13.1 Å². The average molecular weight is 283 g/mol. The van der Waals surface area contributed by atoms with Crippen molar-refractivity contribution in [2.24, 2.45) is 0 Å². The van der Waals surface area contributed by atoms with E-state index in [1.54, 1.807) is 0 Å². The molecule has 0 aromatic heterocycles. The molecule has 0 spiro atoms. The maximum absolute atomic E-state index is 12.4. The Morgan fingerprint density at radius 2 is 1.90 bits per heavy atom. The molecule has 0 aromatic rings. The van der Waals surface area contributed by atoms with E-state index in [0.29, 0.717) is 12.1 Å². The first kappa shape index (κ1) is 17.4. The van der Waals surface area contributed by atoms with Gasteiger partial charge in [-0.05, 0) is 47.1 Å². The van der Waals surface area contributed by atoms with Crippen molar-refractivity contribution in [1.82, 2.24) is 15.5 Å². The fourth-order valence-electron chi connectivity index (χ4n) is 2.75. The van der Waals surface area contributed by atoms with Gasteiger partial charge in [-0.1, -0.05) is 20.3 Å². The first-order valence-corrected chi connectivity index (χ1v) is 8.02. The minimum atomic E-state index is -0.160. The summed E-state index contributed by atoms with van der Waals surface area (Å²) < 4.78 is 0. The van der Waals surface area contributed by atoms with Gasteiger partial charge in [0.15, 0.2) is 0 Å². The van der Waals surface area contributed by atoms with Gasteiger partial charge in [0.2, 0.25) is 5.91 Å². The van der Waals surface area contributed by atoms with Gasteiger partial charge in [0.05, 0.1) is 6.04 Å². The van der Waals surface area contributed by atoms with Crippen molar-refractivity contribution in [3.63, 3.8) is 0 Å². The molecule has 1 rings (SSSR count). The smallest absolute Gasteiger partial charge is 0.237 e. The monoisotopic (exact) mass is 283 g/mol. The lowest BCUT2D eigenvalue weighted by molar-refractivity contribution is -0.128. The molecule has 2 unspecified atom stereocenters. The standard InChI is InChI=1S/C16H33N3O/c1-12(2)17-11-14-9-7-8-10-19(14)13(3)15(20)18-16(4,5)6/h12-14,17H,7-11H2,1-6H3,(H,18,20). The molecule has 1 fully saturated rings. The topological polar surface area (TPSA) is 44.4 Å². The highest BCUT2D eigenvalue weighted by atomic mass is 16.2. The zero-order valence-corrected chi connectivity index (χ0v) is 14.1. The molecule has 1 saturated heterocycles. The van der Waals surface area contributed by atoms with Crippen LogP contribution in [0.25, 0.3) is 0 Å². The molecule has 4 nitrogen and oxygen atoms in total. The first-order valence-electron chi connectivity index (χ1n) is 8.02. The van der Waals surface area contributed by atoms with Crippen LogP contribution < -0.4 is 10.6 Å². The maximum Gasteiger partial charge on any atom is 0.237 e. The van der Waals surface area contributed by atoms with Gasteiger partial charge in [-0.3, -0.25) is 9.69 Å². The lowest BCUT2D eigenvalue weighted by Gasteiger charge is -2.40. The number of hydrogen-bond donors (Lipinski definition) is 2. The Bertz CT molecular complexity index is 309. The maximum atomic E-state index is 12.4. The Labute approximate surface area is 124 Å². The van der Waals surface area contributed by atoms with Crippen LogP contribution in [0.5, 0.6) is 0 Å². The van der Waals surface area contributed by atoms with E-state index in [-0.39, 0.29) is 17.5 Å². The molecule has 0 radical (unpaired) electrons. The van der Waals surface area contributed by atoms with Crippen LogP contribution in [-0.2, 0) is 4.79 Å². The summed E-state index contributed by atoms with van der Waals surface area (Å²) in [5, 5.41) is 6.61. The van der Waals surface area contributed by atoms with Gasteiger partial charge in [-0.15, -0.1) is 0 Å². The minimum absolute atomic E-state index is 0.0477. The van der Waals surface area contributed by atoms with Gasteiger partial charge in [-0.25, -0.2) is 0 Å². The molecule has 0 aromatic carbocycles. The highest BCUT2D eigenvalue weighted by molar-refractivity contribution is 5.82. The minimum Gasteiger partial charge on any atom is -0.350 e. The molecule has 0 bridgehead atoms. The largest absolute Gasteiger partial charge is 0.350 e. The van der Waals surface area contributed by atoms with E-state index in [1.165, 1.54) is 19.3 Å². The van der Waals surface area contributed by atoms with Gasteiger partial charge in [-0.2, -0.15) is 0 Å². The number of rotatable bonds is 5. The van der Waals surface area contributed by atoms with Crippen LogP contribution in [0.3, 0.4) is 0 Å². The Kier molecular flexibility index (Phi) is 6.46. The third-order valence-electron chi connectivity index (χ3n) is 3.81. The van der Waals surface area contributed by atoms with Gasteiger partial charge >= 0.3 is 0 Å². The van der Waals surface area contributed by atoms with E-state index < -0.39 is 0 Å². The van der Waals surface area contributed by atoms with Crippen LogP contribution in [0, 0.1) is 0 Å². The number of amides is 1. The molecule has 1 amide bonds. The quantitative estimate of drug-likeness (QED) is 0.812. The number of nitrogens with zero attached hydrogens (tertiary/aromatic N) is 1. The van der Waals surface area contributed by atoms with Gasteiger partial charge in [0, 0.05) is 24.2 Å². The second-order valence-corrected chi connectivity index (χ2v) is 7.37. The SMILES string of the molecule is CC(C)NCC1CCCCN1C(C)C(=O)NC(C)(C)C. The number of nitrogens with one attached hydrogen (secondary N) is 2. The predicted octanol–water partition coefficient (Wildman–Crippen LogP) is 2.14. The summed E-state index contributed by atoms with van der Waals surface area (Å²) in [5.41, 5.74) is -0.160. The fourth-order valence-corrected chi connectivity index (χ4v) is 2.75. The highest BCUT2D eigenvalue weighted by Crippen LogP contribution is 2.20.